The minimum absolute atomic E-state index is 0.0119. The Balaban J connectivity index is 1.07. The quantitative estimate of drug-likeness (QED) is 0.349. The maximum Gasteiger partial charge on any atom is 0.246 e. The number of amides is 2. The molecule has 5 aliphatic carbocycles. The molecule has 5 fully saturated rings. The van der Waals surface area contributed by atoms with E-state index < -0.39 is 0 Å². The van der Waals surface area contributed by atoms with Crippen molar-refractivity contribution in [2.75, 3.05) is 19.8 Å². The maximum absolute atomic E-state index is 12.8. The second-order valence-electron chi connectivity index (χ2n) is 12.8. The molecule has 5 saturated carbocycles. The van der Waals surface area contributed by atoms with E-state index in [-0.39, 0.29) is 35.5 Å². The van der Waals surface area contributed by atoms with Gasteiger partial charge in [0.25, 0.3) is 0 Å². The molecule has 0 saturated heterocycles. The molecular formula is C31H54N2O4. The average molecular weight is 519 g/mol. The first-order valence-electron chi connectivity index (χ1n) is 15.9. The van der Waals surface area contributed by atoms with E-state index in [9.17, 15) is 9.59 Å². The van der Waals surface area contributed by atoms with Crippen LogP contribution in [0.2, 0.25) is 0 Å². The number of ether oxygens (including phenoxy) is 2. The molecular weight excluding hydrogens is 464 g/mol. The monoisotopic (exact) mass is 518 g/mol. The molecule has 0 heterocycles. The molecule has 0 radical (unpaired) electrons. The van der Waals surface area contributed by atoms with Gasteiger partial charge in [-0.1, -0.05) is 96.3 Å². The van der Waals surface area contributed by atoms with Gasteiger partial charge in [-0.15, -0.1) is 0 Å². The van der Waals surface area contributed by atoms with E-state index in [1.165, 1.54) is 96.3 Å². The highest BCUT2D eigenvalue weighted by molar-refractivity contribution is 5.88. The molecule has 5 aliphatic rings. The molecule has 5 rings (SSSR count). The lowest BCUT2D eigenvalue weighted by molar-refractivity contribution is -0.184. The molecule has 6 heteroatoms. The van der Waals surface area contributed by atoms with Gasteiger partial charge in [-0.25, -0.2) is 0 Å². The van der Waals surface area contributed by atoms with E-state index >= 15 is 0 Å². The van der Waals surface area contributed by atoms with Gasteiger partial charge in [0.1, 0.15) is 6.61 Å². The SMILES string of the molecule is O=C(COC1CCCCCCCCCC1)NC12CC(C(=O)NCCOC3CCCCCCCCC3)(C1)C2. The Morgan fingerprint density at radius 2 is 1.05 bits per heavy atom. The second-order valence-corrected chi connectivity index (χ2v) is 12.8. The predicted molar refractivity (Wildman–Crippen MR) is 147 cm³/mol. The number of carbonyl (C=O) groups excluding carboxylic acids is 2. The first kappa shape index (κ1) is 28.9. The number of hydrogen-bond donors (Lipinski definition) is 2. The fourth-order valence-corrected chi connectivity index (χ4v) is 7.32. The van der Waals surface area contributed by atoms with Crippen LogP contribution in [0, 0.1) is 5.41 Å². The second kappa shape index (κ2) is 14.9. The largest absolute Gasteiger partial charge is 0.376 e. The fraction of sp³-hybridized carbons (Fsp3) is 0.935. The van der Waals surface area contributed by atoms with Gasteiger partial charge >= 0.3 is 0 Å². The summed E-state index contributed by atoms with van der Waals surface area (Å²) in [7, 11) is 0. The summed E-state index contributed by atoms with van der Waals surface area (Å²) in [4.78, 5) is 25.4. The average Bonchev–Trinajstić information content (AvgIpc) is 2.91. The standard InChI is InChI=1S/C31H54N2O4/c34-28(22-37-27-18-14-10-4-1-2-5-11-15-19-27)33-31-23-30(24-31,25-31)29(35)32-20-21-36-26-16-12-8-6-3-7-9-13-17-26/h26-27H,1-25H2,(H,32,35)(H,33,34). The zero-order chi connectivity index (χ0) is 25.8. The predicted octanol–water partition coefficient (Wildman–Crippen LogP) is 6.35. The summed E-state index contributed by atoms with van der Waals surface area (Å²) in [5.41, 5.74) is -0.433. The Kier molecular flexibility index (Phi) is 11.6. The Morgan fingerprint density at radius 3 is 1.54 bits per heavy atom. The van der Waals surface area contributed by atoms with Crippen molar-refractivity contribution in [3.63, 3.8) is 0 Å². The lowest BCUT2D eigenvalue weighted by Crippen LogP contribution is -2.78. The summed E-state index contributed by atoms with van der Waals surface area (Å²) in [6, 6.07) is 0. The number of carbonyl (C=O) groups is 2. The van der Waals surface area contributed by atoms with Gasteiger partial charge in [0.2, 0.25) is 11.8 Å². The third kappa shape index (κ3) is 8.95. The van der Waals surface area contributed by atoms with Crippen LogP contribution in [0.5, 0.6) is 0 Å². The van der Waals surface area contributed by atoms with Crippen LogP contribution < -0.4 is 10.6 Å². The van der Waals surface area contributed by atoms with Crippen LogP contribution in [-0.2, 0) is 19.1 Å². The van der Waals surface area contributed by atoms with Gasteiger partial charge in [0, 0.05) is 12.1 Å². The maximum atomic E-state index is 12.8. The van der Waals surface area contributed by atoms with E-state index in [4.69, 9.17) is 9.47 Å². The summed E-state index contributed by atoms with van der Waals surface area (Å²) in [6.45, 7) is 1.35. The zero-order valence-electron chi connectivity index (χ0n) is 23.5. The van der Waals surface area contributed by atoms with E-state index in [2.05, 4.69) is 10.6 Å². The number of rotatable bonds is 9. The van der Waals surface area contributed by atoms with Crippen molar-refractivity contribution in [2.45, 2.75) is 159 Å². The summed E-state index contributed by atoms with van der Waals surface area (Å²) < 4.78 is 12.2. The van der Waals surface area contributed by atoms with Crippen LogP contribution >= 0.6 is 0 Å². The highest BCUT2D eigenvalue weighted by atomic mass is 16.5. The van der Waals surface area contributed by atoms with Crippen molar-refractivity contribution >= 4 is 11.8 Å². The van der Waals surface area contributed by atoms with Crippen molar-refractivity contribution < 1.29 is 19.1 Å². The van der Waals surface area contributed by atoms with Gasteiger partial charge in [-0.05, 0) is 44.9 Å². The summed E-state index contributed by atoms with van der Waals surface area (Å²) >= 11 is 0. The third-order valence-electron chi connectivity index (χ3n) is 9.46. The van der Waals surface area contributed by atoms with E-state index in [0.29, 0.717) is 19.3 Å². The molecule has 2 amide bonds. The smallest absolute Gasteiger partial charge is 0.246 e. The fourth-order valence-electron chi connectivity index (χ4n) is 7.32. The van der Waals surface area contributed by atoms with Crippen LogP contribution in [0.3, 0.4) is 0 Å². The van der Waals surface area contributed by atoms with Crippen LogP contribution in [0.1, 0.15) is 141 Å². The van der Waals surface area contributed by atoms with Crippen molar-refractivity contribution in [1.82, 2.24) is 10.6 Å². The van der Waals surface area contributed by atoms with Crippen LogP contribution in [0.25, 0.3) is 0 Å². The zero-order valence-corrected chi connectivity index (χ0v) is 23.5. The van der Waals surface area contributed by atoms with Crippen LogP contribution in [0.4, 0.5) is 0 Å². The molecule has 0 aromatic carbocycles. The third-order valence-corrected chi connectivity index (χ3v) is 9.46. The summed E-state index contributed by atoms with van der Waals surface area (Å²) in [6.07, 6.45) is 27.0. The molecule has 0 unspecified atom stereocenters. The van der Waals surface area contributed by atoms with Crippen molar-refractivity contribution in [3.05, 3.63) is 0 Å². The summed E-state index contributed by atoms with van der Waals surface area (Å²) in [5, 5.41) is 6.32. The summed E-state index contributed by atoms with van der Waals surface area (Å²) in [5.74, 6) is 0.133. The molecule has 0 aromatic rings. The first-order valence-corrected chi connectivity index (χ1v) is 15.9. The molecule has 0 spiro atoms. The molecule has 6 nitrogen and oxygen atoms in total. The lowest BCUT2D eigenvalue weighted by atomic mass is 9.39. The van der Waals surface area contributed by atoms with E-state index in [0.717, 1.165) is 44.9 Å². The van der Waals surface area contributed by atoms with Gasteiger partial charge in [0.05, 0.1) is 24.2 Å². The highest BCUT2D eigenvalue weighted by Gasteiger charge is 2.72. The Bertz CT molecular complexity index is 670. The van der Waals surface area contributed by atoms with Crippen LogP contribution in [0.15, 0.2) is 0 Å². The van der Waals surface area contributed by atoms with Crippen LogP contribution in [-0.4, -0.2) is 49.3 Å². The minimum Gasteiger partial charge on any atom is -0.376 e. The van der Waals surface area contributed by atoms with E-state index in [1.54, 1.807) is 0 Å². The van der Waals surface area contributed by atoms with Gasteiger partial charge in [0.15, 0.2) is 0 Å². The molecule has 2 bridgehead atoms. The topological polar surface area (TPSA) is 76.7 Å². The van der Waals surface area contributed by atoms with Crippen molar-refractivity contribution in [2.24, 2.45) is 5.41 Å². The van der Waals surface area contributed by atoms with Crippen molar-refractivity contribution in [3.8, 4) is 0 Å². The molecule has 2 N–H and O–H groups in total. The highest BCUT2D eigenvalue weighted by Crippen LogP contribution is 2.67. The molecule has 212 valence electrons. The Labute approximate surface area is 225 Å². The van der Waals surface area contributed by atoms with Gasteiger partial charge in [-0.2, -0.15) is 0 Å². The minimum atomic E-state index is -0.265. The Morgan fingerprint density at radius 1 is 0.622 bits per heavy atom. The molecule has 37 heavy (non-hydrogen) atoms. The lowest BCUT2D eigenvalue weighted by Gasteiger charge is -2.69. The van der Waals surface area contributed by atoms with Crippen molar-refractivity contribution in [1.29, 1.82) is 0 Å². The Hall–Kier alpha value is -1.14. The number of nitrogens with one attached hydrogen (secondary N) is 2. The molecule has 0 aromatic heterocycles. The van der Waals surface area contributed by atoms with E-state index in [1.807, 2.05) is 0 Å². The van der Waals surface area contributed by atoms with Gasteiger partial charge in [-0.3, -0.25) is 9.59 Å². The number of hydrogen-bond acceptors (Lipinski definition) is 4. The molecule has 0 atom stereocenters. The van der Waals surface area contributed by atoms with Gasteiger partial charge < -0.3 is 20.1 Å². The normalized spacial score (nSPS) is 30.7. The first-order chi connectivity index (χ1) is 18.1. The molecule has 0 aliphatic heterocycles.